The van der Waals surface area contributed by atoms with E-state index in [1.165, 1.54) is 0 Å². The molecule has 0 unspecified atom stereocenters. The Kier molecular flexibility index (Phi) is 4.05. The summed E-state index contributed by atoms with van der Waals surface area (Å²) in [5, 5.41) is 6.38. The maximum atomic E-state index is 12.5. The first kappa shape index (κ1) is 15.9. The van der Waals surface area contributed by atoms with Gasteiger partial charge in [-0.05, 0) is 42.7 Å². The predicted octanol–water partition coefficient (Wildman–Crippen LogP) is 3.84. The number of benzene rings is 1. The van der Waals surface area contributed by atoms with Crippen LogP contribution in [0, 0.1) is 23.7 Å². The average Bonchev–Trinajstić information content (AvgIpc) is 2.79. The number of anilines is 1. The molecule has 0 atom stereocenters. The Bertz CT molecular complexity index is 532. The van der Waals surface area contributed by atoms with E-state index in [4.69, 9.17) is 0 Å². The lowest BCUT2D eigenvalue weighted by Gasteiger charge is -2.12. The monoisotopic (exact) mass is 288 g/mol. The van der Waals surface area contributed by atoms with Crippen molar-refractivity contribution >= 4 is 11.6 Å². The predicted molar refractivity (Wildman–Crippen MR) is 88.7 cm³/mol. The molecule has 21 heavy (non-hydrogen) atoms. The van der Waals surface area contributed by atoms with Crippen molar-refractivity contribution in [1.29, 1.82) is 0 Å². The Hall–Kier alpha value is -1.51. The van der Waals surface area contributed by atoms with Crippen molar-refractivity contribution in [3.8, 4) is 0 Å². The number of hydrogen-bond donors (Lipinski definition) is 2. The van der Waals surface area contributed by atoms with Crippen LogP contribution in [0.1, 0.15) is 50.5 Å². The molecule has 116 valence electrons. The molecule has 2 rings (SSSR count). The highest BCUT2D eigenvalue weighted by molar-refractivity contribution is 5.99. The summed E-state index contributed by atoms with van der Waals surface area (Å²) in [5.41, 5.74) is 3.37. The van der Waals surface area contributed by atoms with Gasteiger partial charge in [-0.2, -0.15) is 0 Å². The fourth-order valence-corrected chi connectivity index (χ4v) is 3.32. The molecular weight excluding hydrogens is 260 g/mol. The van der Waals surface area contributed by atoms with E-state index in [9.17, 15) is 4.79 Å². The second-order valence-electron chi connectivity index (χ2n) is 7.29. The average molecular weight is 288 g/mol. The van der Waals surface area contributed by atoms with Gasteiger partial charge in [0, 0.05) is 18.8 Å². The summed E-state index contributed by atoms with van der Waals surface area (Å²) in [6.07, 6.45) is 0. The van der Waals surface area contributed by atoms with Crippen molar-refractivity contribution in [1.82, 2.24) is 5.32 Å². The van der Waals surface area contributed by atoms with Crippen molar-refractivity contribution in [2.24, 2.45) is 16.7 Å². The molecule has 1 aliphatic rings. The first-order chi connectivity index (χ1) is 9.71. The van der Waals surface area contributed by atoms with E-state index < -0.39 is 0 Å². The van der Waals surface area contributed by atoms with E-state index in [-0.39, 0.29) is 5.91 Å². The van der Waals surface area contributed by atoms with Crippen molar-refractivity contribution in [3.05, 3.63) is 29.3 Å². The summed E-state index contributed by atoms with van der Waals surface area (Å²) in [7, 11) is 0. The Balaban J connectivity index is 2.06. The molecule has 1 fully saturated rings. The highest BCUT2D eigenvalue weighted by atomic mass is 16.1. The molecule has 1 amide bonds. The molecule has 0 aromatic heterocycles. The summed E-state index contributed by atoms with van der Waals surface area (Å²) in [4.78, 5) is 12.5. The third kappa shape index (κ3) is 2.78. The number of hydrogen-bond acceptors (Lipinski definition) is 2. The molecule has 2 N–H and O–H groups in total. The van der Waals surface area contributed by atoms with Crippen LogP contribution in [0.3, 0.4) is 0 Å². The fraction of sp³-hybridized carbons (Fsp3) is 0.611. The molecule has 3 nitrogen and oxygen atoms in total. The smallest absolute Gasteiger partial charge is 0.253 e. The lowest BCUT2D eigenvalue weighted by atomic mass is 10.0. The summed E-state index contributed by atoms with van der Waals surface area (Å²) in [6.45, 7) is 14.7. The third-order valence-corrected chi connectivity index (χ3v) is 5.57. The van der Waals surface area contributed by atoms with Crippen LogP contribution in [0.15, 0.2) is 18.2 Å². The van der Waals surface area contributed by atoms with E-state index in [0.29, 0.717) is 16.7 Å². The van der Waals surface area contributed by atoms with Gasteiger partial charge in [0.15, 0.2) is 0 Å². The van der Waals surface area contributed by atoms with Gasteiger partial charge in [0.1, 0.15) is 0 Å². The zero-order valence-electron chi connectivity index (χ0n) is 14.1. The maximum absolute atomic E-state index is 12.5. The first-order valence-electron chi connectivity index (χ1n) is 7.84. The van der Waals surface area contributed by atoms with Crippen molar-refractivity contribution < 1.29 is 4.79 Å². The molecule has 0 radical (unpaired) electrons. The molecular formula is C18H28N2O. The van der Waals surface area contributed by atoms with Gasteiger partial charge in [0.05, 0.1) is 5.56 Å². The lowest BCUT2D eigenvalue weighted by Crippen LogP contribution is -2.28. The number of carbonyl (C=O) groups is 1. The summed E-state index contributed by atoms with van der Waals surface area (Å²) in [6, 6.07) is 5.97. The molecule has 1 aromatic rings. The molecule has 0 saturated heterocycles. The molecule has 0 aliphatic heterocycles. The van der Waals surface area contributed by atoms with Gasteiger partial charge >= 0.3 is 0 Å². The lowest BCUT2D eigenvalue weighted by molar-refractivity contribution is 0.0950. The quantitative estimate of drug-likeness (QED) is 0.864. The van der Waals surface area contributed by atoms with Gasteiger partial charge in [-0.1, -0.05) is 39.3 Å². The van der Waals surface area contributed by atoms with Gasteiger partial charge in [0.25, 0.3) is 5.91 Å². The highest BCUT2D eigenvalue weighted by Crippen LogP contribution is 2.67. The van der Waals surface area contributed by atoms with E-state index >= 15 is 0 Å². The van der Waals surface area contributed by atoms with Crippen LogP contribution in [0.25, 0.3) is 0 Å². The molecule has 0 heterocycles. The van der Waals surface area contributed by atoms with Crippen molar-refractivity contribution in [3.63, 3.8) is 0 Å². The summed E-state index contributed by atoms with van der Waals surface area (Å²) in [5.74, 6) is 0.564. The molecule has 1 saturated carbocycles. The van der Waals surface area contributed by atoms with Crippen LogP contribution < -0.4 is 10.6 Å². The van der Waals surface area contributed by atoms with Gasteiger partial charge in [-0.25, -0.2) is 0 Å². The summed E-state index contributed by atoms with van der Waals surface area (Å²) < 4.78 is 0. The molecule has 1 aliphatic carbocycles. The number of aryl methyl sites for hydroxylation is 1. The zero-order valence-corrected chi connectivity index (χ0v) is 14.1. The SMILES string of the molecule is CCNc1ccc(C)cc1C(=O)NCC1C(C)(C)C1(C)C. The largest absolute Gasteiger partial charge is 0.385 e. The Morgan fingerprint density at radius 2 is 1.81 bits per heavy atom. The van der Waals surface area contributed by atoms with Gasteiger partial charge in [-0.3, -0.25) is 4.79 Å². The maximum Gasteiger partial charge on any atom is 0.253 e. The van der Waals surface area contributed by atoms with Crippen LogP contribution >= 0.6 is 0 Å². The fourth-order valence-electron chi connectivity index (χ4n) is 3.32. The van der Waals surface area contributed by atoms with E-state index in [0.717, 1.165) is 29.9 Å². The van der Waals surface area contributed by atoms with Gasteiger partial charge in [-0.15, -0.1) is 0 Å². The second-order valence-corrected chi connectivity index (χ2v) is 7.29. The second kappa shape index (κ2) is 5.36. The topological polar surface area (TPSA) is 41.1 Å². The van der Waals surface area contributed by atoms with Crippen LogP contribution in [-0.2, 0) is 0 Å². The van der Waals surface area contributed by atoms with E-state index in [1.807, 2.05) is 32.0 Å². The molecule has 0 spiro atoms. The minimum absolute atomic E-state index is 0.0214. The van der Waals surface area contributed by atoms with Gasteiger partial charge < -0.3 is 10.6 Å². The number of nitrogens with one attached hydrogen (secondary N) is 2. The van der Waals surface area contributed by atoms with Gasteiger partial charge in [0.2, 0.25) is 0 Å². The molecule has 1 aromatic carbocycles. The van der Waals surface area contributed by atoms with Crippen molar-refractivity contribution in [2.45, 2.75) is 41.5 Å². The number of carbonyl (C=O) groups excluding carboxylic acids is 1. The van der Waals surface area contributed by atoms with E-state index in [2.05, 4.69) is 38.3 Å². The standard InChI is InChI=1S/C18H28N2O/c1-7-19-14-9-8-12(2)10-13(14)16(21)20-11-15-17(3,4)18(15,5)6/h8-10,15,19H,7,11H2,1-6H3,(H,20,21). The minimum atomic E-state index is 0.0214. The van der Waals surface area contributed by atoms with E-state index in [1.54, 1.807) is 0 Å². The normalized spacial score (nSPS) is 19.1. The third-order valence-electron chi connectivity index (χ3n) is 5.57. The summed E-state index contributed by atoms with van der Waals surface area (Å²) >= 11 is 0. The van der Waals surface area contributed by atoms with Crippen LogP contribution in [-0.4, -0.2) is 19.0 Å². The van der Waals surface area contributed by atoms with Crippen molar-refractivity contribution in [2.75, 3.05) is 18.4 Å². The number of amides is 1. The molecule has 0 bridgehead atoms. The first-order valence-corrected chi connectivity index (χ1v) is 7.84. The Morgan fingerprint density at radius 3 is 2.33 bits per heavy atom. The number of rotatable bonds is 5. The highest BCUT2D eigenvalue weighted by Gasteiger charge is 2.64. The van der Waals surface area contributed by atoms with Crippen LogP contribution in [0.5, 0.6) is 0 Å². The van der Waals surface area contributed by atoms with Crippen LogP contribution in [0.4, 0.5) is 5.69 Å². The zero-order chi connectivity index (χ0) is 15.8. The minimum Gasteiger partial charge on any atom is -0.385 e. The van der Waals surface area contributed by atoms with Crippen LogP contribution in [0.2, 0.25) is 0 Å². The Morgan fingerprint density at radius 1 is 1.19 bits per heavy atom. The molecule has 3 heteroatoms. The Labute approximate surface area is 128 Å².